The van der Waals surface area contributed by atoms with E-state index in [0.717, 1.165) is 35.7 Å². The lowest BCUT2D eigenvalue weighted by molar-refractivity contribution is -0.136. The van der Waals surface area contributed by atoms with E-state index in [1.54, 1.807) is 0 Å². The number of piperidine rings is 1. The van der Waals surface area contributed by atoms with Gasteiger partial charge in [0.1, 0.15) is 11.9 Å². The molecule has 1 saturated heterocycles. The highest BCUT2D eigenvalue weighted by Gasteiger charge is 2.40. The van der Waals surface area contributed by atoms with Crippen molar-refractivity contribution in [3.05, 3.63) is 34.6 Å². The molecule has 3 amide bonds. The number of benzene rings is 1. The van der Waals surface area contributed by atoms with E-state index in [1.807, 2.05) is 0 Å². The number of carbonyl (C=O) groups excluding carboxylic acids is 3. The molecule has 0 radical (unpaired) electrons. The van der Waals surface area contributed by atoms with Crippen LogP contribution >= 0.6 is 15.9 Å². The molecule has 3 rings (SSSR count). The summed E-state index contributed by atoms with van der Waals surface area (Å²) in [6, 6.07) is 2.08. The van der Waals surface area contributed by atoms with Gasteiger partial charge in [-0.05, 0) is 48.9 Å². The summed E-state index contributed by atoms with van der Waals surface area (Å²) < 4.78 is 14.0. The second-order valence-corrected chi connectivity index (χ2v) is 7.28. The van der Waals surface area contributed by atoms with Crippen LogP contribution in [0.15, 0.2) is 12.1 Å². The largest absolute Gasteiger partial charge is 0.322 e. The molecule has 1 fully saturated rings. The number of carbonyl (C=O) groups is 3. The van der Waals surface area contributed by atoms with Crippen molar-refractivity contribution in [3.63, 3.8) is 0 Å². The molecule has 0 unspecified atom stereocenters. The van der Waals surface area contributed by atoms with Gasteiger partial charge >= 0.3 is 0 Å². The van der Waals surface area contributed by atoms with Crippen molar-refractivity contribution in [2.24, 2.45) is 0 Å². The molecular weight excluding hydrogens is 391 g/mol. The monoisotopic (exact) mass is 410 g/mol. The van der Waals surface area contributed by atoms with Crippen LogP contribution in [-0.2, 0) is 22.6 Å². The average Bonchev–Trinajstić information content (AvgIpc) is 2.89. The van der Waals surface area contributed by atoms with E-state index in [0.29, 0.717) is 24.9 Å². The Balaban J connectivity index is 1.80. The van der Waals surface area contributed by atoms with Crippen molar-refractivity contribution in [1.82, 2.24) is 10.2 Å². The Morgan fingerprint density at radius 1 is 1.20 bits per heavy atom. The maximum absolute atomic E-state index is 14.0. The van der Waals surface area contributed by atoms with Gasteiger partial charge in [0.2, 0.25) is 11.8 Å². The van der Waals surface area contributed by atoms with Gasteiger partial charge in [0, 0.05) is 23.9 Å². The fourth-order valence-corrected chi connectivity index (χ4v) is 3.91. The Bertz CT molecular complexity index is 723. The van der Waals surface area contributed by atoms with Gasteiger partial charge in [0.25, 0.3) is 5.91 Å². The zero-order chi connectivity index (χ0) is 18.0. The molecule has 0 saturated carbocycles. The molecule has 0 bridgehead atoms. The molecule has 5 nitrogen and oxygen atoms in total. The highest BCUT2D eigenvalue weighted by Crippen LogP contribution is 2.31. The lowest BCUT2D eigenvalue weighted by Crippen LogP contribution is -2.52. The quantitative estimate of drug-likeness (QED) is 0.445. The van der Waals surface area contributed by atoms with Crippen LogP contribution in [0.1, 0.15) is 53.6 Å². The van der Waals surface area contributed by atoms with Crippen molar-refractivity contribution in [2.75, 3.05) is 5.33 Å². The Morgan fingerprint density at radius 3 is 2.72 bits per heavy atom. The van der Waals surface area contributed by atoms with E-state index in [-0.39, 0.29) is 18.2 Å². The summed E-state index contributed by atoms with van der Waals surface area (Å²) in [5, 5.41) is 3.22. The van der Waals surface area contributed by atoms with Gasteiger partial charge < -0.3 is 4.90 Å². The van der Waals surface area contributed by atoms with E-state index in [2.05, 4.69) is 21.2 Å². The summed E-state index contributed by atoms with van der Waals surface area (Å²) in [6.07, 6.45) is 4.25. The molecule has 134 valence electrons. The van der Waals surface area contributed by atoms with Gasteiger partial charge in [0.05, 0.1) is 0 Å². The van der Waals surface area contributed by atoms with E-state index < -0.39 is 17.8 Å². The van der Waals surface area contributed by atoms with Crippen molar-refractivity contribution in [2.45, 2.75) is 51.1 Å². The lowest BCUT2D eigenvalue weighted by Gasteiger charge is -2.29. The Morgan fingerprint density at radius 2 is 2.00 bits per heavy atom. The predicted molar refractivity (Wildman–Crippen MR) is 93.8 cm³/mol. The number of imide groups is 1. The third-order valence-corrected chi connectivity index (χ3v) is 5.35. The first-order valence-electron chi connectivity index (χ1n) is 8.53. The number of halogens is 2. The first kappa shape index (κ1) is 18.0. The molecule has 2 heterocycles. The zero-order valence-corrected chi connectivity index (χ0v) is 15.4. The molecule has 0 aliphatic carbocycles. The van der Waals surface area contributed by atoms with Crippen molar-refractivity contribution >= 4 is 33.7 Å². The highest BCUT2D eigenvalue weighted by atomic mass is 79.9. The smallest absolute Gasteiger partial charge is 0.255 e. The first-order valence-corrected chi connectivity index (χ1v) is 9.65. The third kappa shape index (κ3) is 3.76. The predicted octanol–water partition coefficient (Wildman–Crippen LogP) is 2.69. The summed E-state index contributed by atoms with van der Waals surface area (Å²) in [6.45, 7) is 0.300. The highest BCUT2D eigenvalue weighted by molar-refractivity contribution is 9.09. The molecule has 2 aliphatic rings. The maximum atomic E-state index is 14.0. The number of aryl methyl sites for hydroxylation is 1. The number of hydrogen-bond acceptors (Lipinski definition) is 3. The number of nitrogens with zero attached hydrogens (tertiary/aromatic N) is 1. The van der Waals surface area contributed by atoms with Crippen LogP contribution in [0.5, 0.6) is 0 Å². The summed E-state index contributed by atoms with van der Waals surface area (Å²) >= 11 is 3.39. The summed E-state index contributed by atoms with van der Waals surface area (Å²) in [7, 11) is 0. The van der Waals surface area contributed by atoms with Gasteiger partial charge in [-0.3, -0.25) is 19.7 Å². The molecule has 0 spiro atoms. The standard InChI is InChI=1S/C18H20BrFN2O3/c19-7-3-1-2-4-11-8-12(20)9-13-14(11)10-22(18(13)25)15-5-6-16(23)21-17(15)24/h8-9,15H,1-7,10H2,(H,21,23,24)/t15-/m0/s1. The first-order chi connectivity index (χ1) is 12.0. The SMILES string of the molecule is O=C1CC[C@H](N2Cc3c(CCCCCBr)cc(F)cc3C2=O)C(=O)N1. The van der Waals surface area contributed by atoms with Gasteiger partial charge in [-0.1, -0.05) is 22.4 Å². The normalized spacial score (nSPS) is 20.0. The van der Waals surface area contributed by atoms with Crippen molar-refractivity contribution < 1.29 is 18.8 Å². The Kier molecular flexibility index (Phi) is 5.51. The van der Waals surface area contributed by atoms with Gasteiger partial charge in [-0.15, -0.1) is 0 Å². The number of alkyl halides is 1. The second-order valence-electron chi connectivity index (χ2n) is 6.49. The molecule has 1 aromatic carbocycles. The van der Waals surface area contributed by atoms with Crippen LogP contribution in [-0.4, -0.2) is 34.0 Å². The van der Waals surface area contributed by atoms with Gasteiger partial charge in [-0.25, -0.2) is 4.39 Å². The molecule has 0 aromatic heterocycles. The van der Waals surface area contributed by atoms with Crippen LogP contribution < -0.4 is 5.32 Å². The number of unbranched alkanes of at least 4 members (excludes halogenated alkanes) is 2. The minimum Gasteiger partial charge on any atom is -0.322 e. The summed E-state index contributed by atoms with van der Waals surface area (Å²) in [5.41, 5.74) is 2.00. The van der Waals surface area contributed by atoms with Gasteiger partial charge in [0.15, 0.2) is 0 Å². The fourth-order valence-electron chi connectivity index (χ4n) is 3.51. The molecule has 1 N–H and O–H groups in total. The van der Waals surface area contributed by atoms with E-state index >= 15 is 0 Å². The van der Waals surface area contributed by atoms with Crippen LogP contribution in [0.4, 0.5) is 4.39 Å². The average molecular weight is 411 g/mol. The molecule has 25 heavy (non-hydrogen) atoms. The van der Waals surface area contributed by atoms with Crippen LogP contribution in [0.3, 0.4) is 0 Å². The Hall–Kier alpha value is -1.76. The fraction of sp³-hybridized carbons (Fsp3) is 0.500. The molecule has 2 aliphatic heterocycles. The van der Waals surface area contributed by atoms with Crippen molar-refractivity contribution in [3.8, 4) is 0 Å². The lowest BCUT2D eigenvalue weighted by atomic mass is 9.98. The van der Waals surface area contributed by atoms with Crippen LogP contribution in [0, 0.1) is 5.82 Å². The number of nitrogens with one attached hydrogen (secondary N) is 1. The second kappa shape index (κ2) is 7.64. The molecule has 1 aromatic rings. The summed E-state index contributed by atoms with van der Waals surface area (Å²) in [4.78, 5) is 37.6. The third-order valence-electron chi connectivity index (χ3n) is 4.79. The minimum absolute atomic E-state index is 0.213. The molecular formula is C18H20BrFN2O3. The molecule has 1 atom stereocenters. The number of fused-ring (bicyclic) bond motifs is 1. The van der Waals surface area contributed by atoms with Crippen LogP contribution in [0.25, 0.3) is 0 Å². The van der Waals surface area contributed by atoms with Crippen molar-refractivity contribution in [1.29, 1.82) is 0 Å². The number of amides is 3. The summed E-state index contributed by atoms with van der Waals surface area (Å²) in [5.74, 6) is -1.51. The van der Waals surface area contributed by atoms with Crippen LogP contribution in [0.2, 0.25) is 0 Å². The molecule has 7 heteroatoms. The van der Waals surface area contributed by atoms with E-state index in [1.165, 1.54) is 17.0 Å². The Labute approximate surface area is 154 Å². The van der Waals surface area contributed by atoms with E-state index in [9.17, 15) is 18.8 Å². The van der Waals surface area contributed by atoms with E-state index in [4.69, 9.17) is 0 Å². The number of rotatable bonds is 6. The maximum Gasteiger partial charge on any atom is 0.255 e. The van der Waals surface area contributed by atoms with Gasteiger partial charge in [-0.2, -0.15) is 0 Å². The zero-order valence-electron chi connectivity index (χ0n) is 13.8. The topological polar surface area (TPSA) is 66.5 Å². The number of hydrogen-bond donors (Lipinski definition) is 1. The minimum atomic E-state index is -0.665.